The van der Waals surface area contributed by atoms with Crippen molar-refractivity contribution in [2.24, 2.45) is 16.3 Å². The average molecular weight is 408 g/mol. The largest absolute Gasteiger partial charge is 0.357 e. The maximum absolute atomic E-state index is 4.93. The number of halogens is 1. The van der Waals surface area contributed by atoms with E-state index >= 15 is 0 Å². The Morgan fingerprint density at radius 3 is 2.48 bits per heavy atom. The lowest BCUT2D eigenvalue weighted by Gasteiger charge is -2.26. The molecule has 1 unspecified atom stereocenters. The van der Waals surface area contributed by atoms with E-state index in [-0.39, 0.29) is 24.0 Å². The fourth-order valence-electron chi connectivity index (χ4n) is 3.11. The number of nitrogens with one attached hydrogen (secondary N) is 1. The lowest BCUT2D eigenvalue weighted by atomic mass is 9.93. The van der Waals surface area contributed by atoms with Crippen LogP contribution in [0.4, 0.5) is 0 Å². The van der Waals surface area contributed by atoms with Crippen LogP contribution in [0.15, 0.2) is 4.99 Å². The molecule has 0 bridgehead atoms. The van der Waals surface area contributed by atoms with Crippen molar-refractivity contribution in [2.75, 3.05) is 40.3 Å². The zero-order valence-electron chi connectivity index (χ0n) is 14.4. The molecule has 1 saturated carbocycles. The third-order valence-corrected chi connectivity index (χ3v) is 4.57. The summed E-state index contributed by atoms with van der Waals surface area (Å²) in [4.78, 5) is 9.71. The first-order valence-corrected chi connectivity index (χ1v) is 8.12. The molecule has 2 aliphatic rings. The zero-order valence-corrected chi connectivity index (χ0v) is 16.7. The summed E-state index contributed by atoms with van der Waals surface area (Å²) in [5.74, 6) is 1.98. The van der Waals surface area contributed by atoms with Gasteiger partial charge in [0.25, 0.3) is 0 Å². The molecule has 124 valence electrons. The van der Waals surface area contributed by atoms with Crippen LogP contribution in [0.1, 0.15) is 40.0 Å². The lowest BCUT2D eigenvalue weighted by molar-refractivity contribution is 0.270. The Hall–Kier alpha value is -0.0400. The van der Waals surface area contributed by atoms with Crippen LogP contribution in [0.25, 0.3) is 0 Å². The van der Waals surface area contributed by atoms with E-state index in [1.165, 1.54) is 19.3 Å². The summed E-state index contributed by atoms with van der Waals surface area (Å²) >= 11 is 0. The smallest absolute Gasteiger partial charge is 0.193 e. The molecule has 1 aliphatic heterocycles. The molecular weight excluding hydrogens is 375 g/mol. The SMILES string of the molecule is CCNC(=NCC(C1CC1)N(C)C)N1CCC(C)(C)C1.I. The Balaban J connectivity index is 0.00000220. The van der Waals surface area contributed by atoms with Crippen LogP contribution in [-0.4, -0.2) is 62.1 Å². The van der Waals surface area contributed by atoms with Gasteiger partial charge in [-0.2, -0.15) is 0 Å². The van der Waals surface area contributed by atoms with Gasteiger partial charge < -0.3 is 15.1 Å². The Kier molecular flexibility index (Phi) is 7.24. The van der Waals surface area contributed by atoms with Crippen molar-refractivity contribution in [1.82, 2.24) is 15.1 Å². The van der Waals surface area contributed by atoms with Crippen LogP contribution in [0.3, 0.4) is 0 Å². The molecule has 0 aromatic carbocycles. The molecule has 1 heterocycles. The van der Waals surface area contributed by atoms with Crippen molar-refractivity contribution >= 4 is 29.9 Å². The lowest BCUT2D eigenvalue weighted by Crippen LogP contribution is -2.42. The minimum absolute atomic E-state index is 0. The molecule has 1 saturated heterocycles. The van der Waals surface area contributed by atoms with E-state index in [0.717, 1.165) is 38.1 Å². The van der Waals surface area contributed by atoms with Gasteiger partial charge in [-0.05, 0) is 51.6 Å². The van der Waals surface area contributed by atoms with Gasteiger partial charge in [0.05, 0.1) is 6.54 Å². The molecule has 1 N–H and O–H groups in total. The van der Waals surface area contributed by atoms with Gasteiger partial charge >= 0.3 is 0 Å². The van der Waals surface area contributed by atoms with Crippen LogP contribution in [-0.2, 0) is 0 Å². The van der Waals surface area contributed by atoms with Crippen LogP contribution < -0.4 is 5.32 Å². The number of hydrogen-bond acceptors (Lipinski definition) is 2. The van der Waals surface area contributed by atoms with Gasteiger partial charge in [0.1, 0.15) is 0 Å². The molecule has 0 aromatic rings. The third kappa shape index (κ3) is 5.58. The van der Waals surface area contributed by atoms with Gasteiger partial charge in [-0.3, -0.25) is 4.99 Å². The standard InChI is InChI=1S/C16H32N4.HI/c1-6-17-15(20-10-9-16(2,3)12-20)18-11-14(19(4)5)13-7-8-13;/h13-14H,6-12H2,1-5H3,(H,17,18);1H. The van der Waals surface area contributed by atoms with Crippen molar-refractivity contribution < 1.29 is 0 Å². The van der Waals surface area contributed by atoms with E-state index in [1.807, 2.05) is 0 Å². The molecule has 1 aliphatic carbocycles. The molecule has 4 nitrogen and oxygen atoms in total. The molecule has 0 spiro atoms. The van der Waals surface area contributed by atoms with E-state index in [2.05, 4.69) is 50.0 Å². The molecule has 0 radical (unpaired) electrons. The molecule has 2 fully saturated rings. The maximum Gasteiger partial charge on any atom is 0.193 e. The number of likely N-dealkylation sites (tertiary alicyclic amines) is 1. The first kappa shape index (κ1) is 19.0. The van der Waals surface area contributed by atoms with Crippen molar-refractivity contribution in [3.8, 4) is 0 Å². The number of guanidine groups is 1. The van der Waals surface area contributed by atoms with Crippen LogP contribution in [0.5, 0.6) is 0 Å². The molecule has 1 atom stereocenters. The normalized spacial score (nSPS) is 23.1. The van der Waals surface area contributed by atoms with E-state index in [0.29, 0.717) is 11.5 Å². The maximum atomic E-state index is 4.93. The van der Waals surface area contributed by atoms with Gasteiger partial charge in [-0.1, -0.05) is 13.8 Å². The topological polar surface area (TPSA) is 30.9 Å². The number of hydrogen-bond donors (Lipinski definition) is 1. The first-order valence-electron chi connectivity index (χ1n) is 8.12. The van der Waals surface area contributed by atoms with Gasteiger partial charge in [0, 0.05) is 25.7 Å². The van der Waals surface area contributed by atoms with Crippen molar-refractivity contribution in [3.63, 3.8) is 0 Å². The van der Waals surface area contributed by atoms with Crippen molar-refractivity contribution in [2.45, 2.75) is 46.1 Å². The monoisotopic (exact) mass is 408 g/mol. The highest BCUT2D eigenvalue weighted by Gasteiger charge is 2.34. The van der Waals surface area contributed by atoms with E-state index in [9.17, 15) is 0 Å². The fraction of sp³-hybridized carbons (Fsp3) is 0.938. The van der Waals surface area contributed by atoms with E-state index in [1.54, 1.807) is 0 Å². The quantitative estimate of drug-likeness (QED) is 0.431. The van der Waals surface area contributed by atoms with Crippen LogP contribution in [0.2, 0.25) is 0 Å². The number of rotatable bonds is 5. The summed E-state index contributed by atoms with van der Waals surface area (Å²) < 4.78 is 0. The highest BCUT2D eigenvalue weighted by atomic mass is 127. The van der Waals surface area contributed by atoms with Gasteiger partial charge in [0.15, 0.2) is 5.96 Å². The molecule has 5 heteroatoms. The minimum Gasteiger partial charge on any atom is -0.357 e. The van der Waals surface area contributed by atoms with E-state index in [4.69, 9.17) is 4.99 Å². The molecule has 2 rings (SSSR count). The zero-order chi connectivity index (χ0) is 14.8. The van der Waals surface area contributed by atoms with E-state index < -0.39 is 0 Å². The third-order valence-electron chi connectivity index (χ3n) is 4.57. The highest BCUT2D eigenvalue weighted by Crippen LogP contribution is 2.35. The Bertz CT molecular complexity index is 348. The molecule has 21 heavy (non-hydrogen) atoms. The summed E-state index contributed by atoms with van der Waals surface area (Å²) in [5, 5.41) is 3.47. The summed E-state index contributed by atoms with van der Waals surface area (Å²) in [7, 11) is 4.37. The second-order valence-corrected chi connectivity index (χ2v) is 7.40. The second kappa shape index (κ2) is 7.99. The van der Waals surface area contributed by atoms with Crippen molar-refractivity contribution in [1.29, 1.82) is 0 Å². The Morgan fingerprint density at radius 1 is 1.38 bits per heavy atom. The highest BCUT2D eigenvalue weighted by molar-refractivity contribution is 14.0. The Labute approximate surface area is 147 Å². The molecule has 0 aromatic heterocycles. The summed E-state index contributed by atoms with van der Waals surface area (Å²) in [6.45, 7) is 11.0. The van der Waals surface area contributed by atoms with Gasteiger partial charge in [0.2, 0.25) is 0 Å². The van der Waals surface area contributed by atoms with Crippen molar-refractivity contribution in [3.05, 3.63) is 0 Å². The fourth-order valence-corrected chi connectivity index (χ4v) is 3.11. The summed E-state index contributed by atoms with van der Waals surface area (Å²) in [6.07, 6.45) is 4.02. The second-order valence-electron chi connectivity index (χ2n) is 7.40. The number of nitrogens with zero attached hydrogens (tertiary/aromatic N) is 3. The molecule has 0 amide bonds. The predicted octanol–water partition coefficient (Wildman–Crippen LogP) is 2.64. The Morgan fingerprint density at radius 2 is 2.05 bits per heavy atom. The number of aliphatic imine (C=N–C) groups is 1. The summed E-state index contributed by atoms with van der Waals surface area (Å²) in [6, 6.07) is 0.610. The first-order chi connectivity index (χ1) is 9.43. The van der Waals surface area contributed by atoms with Crippen LogP contribution in [0, 0.1) is 11.3 Å². The van der Waals surface area contributed by atoms with Crippen LogP contribution >= 0.6 is 24.0 Å². The molecular formula is C16H33IN4. The van der Waals surface area contributed by atoms with Gasteiger partial charge in [-0.25, -0.2) is 0 Å². The average Bonchev–Trinajstić information content (AvgIpc) is 3.12. The summed E-state index contributed by atoms with van der Waals surface area (Å²) in [5.41, 5.74) is 0.424. The minimum atomic E-state index is 0. The predicted molar refractivity (Wildman–Crippen MR) is 102 cm³/mol. The number of likely N-dealkylation sites (N-methyl/N-ethyl adjacent to an activating group) is 1. The van der Waals surface area contributed by atoms with Gasteiger partial charge in [-0.15, -0.1) is 24.0 Å².